The summed E-state index contributed by atoms with van der Waals surface area (Å²) in [6, 6.07) is 7.31. The van der Waals surface area contributed by atoms with Crippen LogP contribution in [0.15, 0.2) is 36.7 Å². The number of benzene rings is 1. The Balaban J connectivity index is 2.17. The second kappa shape index (κ2) is 5.48. The van der Waals surface area contributed by atoms with Gasteiger partial charge in [-0.05, 0) is 19.4 Å². The summed E-state index contributed by atoms with van der Waals surface area (Å²) in [5.41, 5.74) is 3.11. The lowest BCUT2D eigenvalue weighted by molar-refractivity contribution is -0.137. The summed E-state index contributed by atoms with van der Waals surface area (Å²) >= 11 is 0. The van der Waals surface area contributed by atoms with Crippen LogP contribution in [0.25, 0.3) is 11.1 Å². The molecule has 5 nitrogen and oxygen atoms in total. The van der Waals surface area contributed by atoms with Gasteiger partial charge < -0.3 is 10.4 Å². The van der Waals surface area contributed by atoms with Gasteiger partial charge in [-0.3, -0.25) is 4.79 Å². The molecule has 5 heteroatoms. The minimum absolute atomic E-state index is 0.311. The number of anilines is 1. The largest absolute Gasteiger partial charge is 0.480 e. The summed E-state index contributed by atoms with van der Waals surface area (Å²) in [5.74, 6) is -0.627. The average molecular weight is 257 g/mol. The Morgan fingerprint density at radius 3 is 2.53 bits per heavy atom. The first kappa shape index (κ1) is 13.0. The van der Waals surface area contributed by atoms with Gasteiger partial charge in [0, 0.05) is 18.0 Å². The third-order valence-corrected chi connectivity index (χ3v) is 2.72. The van der Waals surface area contributed by atoms with Crippen LogP contribution in [-0.4, -0.2) is 27.1 Å². The van der Waals surface area contributed by atoms with Crippen LogP contribution in [0.3, 0.4) is 0 Å². The molecule has 2 aromatic rings. The van der Waals surface area contributed by atoms with Crippen molar-refractivity contribution in [3.05, 3.63) is 42.2 Å². The highest BCUT2D eigenvalue weighted by Crippen LogP contribution is 2.19. The van der Waals surface area contributed by atoms with Gasteiger partial charge in [-0.25, -0.2) is 9.97 Å². The van der Waals surface area contributed by atoms with Crippen LogP contribution in [0.5, 0.6) is 0 Å². The van der Waals surface area contributed by atoms with Crippen molar-refractivity contribution >= 4 is 11.9 Å². The average Bonchev–Trinajstić information content (AvgIpc) is 2.39. The molecule has 1 atom stereocenters. The SMILES string of the molecule is Cc1cccc(-c2cnc(NC(C)C(=O)O)nc2)c1. The Kier molecular flexibility index (Phi) is 3.75. The molecule has 0 fully saturated rings. The van der Waals surface area contributed by atoms with E-state index in [0.717, 1.165) is 11.1 Å². The van der Waals surface area contributed by atoms with Crippen molar-refractivity contribution in [2.24, 2.45) is 0 Å². The van der Waals surface area contributed by atoms with Crippen molar-refractivity contribution in [1.82, 2.24) is 9.97 Å². The Labute approximate surface area is 111 Å². The maximum atomic E-state index is 10.7. The zero-order valence-corrected chi connectivity index (χ0v) is 10.8. The van der Waals surface area contributed by atoms with E-state index in [-0.39, 0.29) is 0 Å². The number of nitrogens with one attached hydrogen (secondary N) is 1. The maximum Gasteiger partial charge on any atom is 0.325 e. The smallest absolute Gasteiger partial charge is 0.325 e. The second-order valence-corrected chi connectivity index (χ2v) is 4.37. The third-order valence-electron chi connectivity index (χ3n) is 2.72. The lowest BCUT2D eigenvalue weighted by Crippen LogP contribution is -2.26. The van der Waals surface area contributed by atoms with E-state index in [1.54, 1.807) is 19.3 Å². The van der Waals surface area contributed by atoms with Gasteiger partial charge in [-0.1, -0.05) is 29.8 Å². The molecule has 0 spiro atoms. The van der Waals surface area contributed by atoms with Crippen LogP contribution in [0.4, 0.5) is 5.95 Å². The molecule has 0 saturated heterocycles. The van der Waals surface area contributed by atoms with Gasteiger partial charge >= 0.3 is 5.97 Å². The number of aromatic nitrogens is 2. The highest BCUT2D eigenvalue weighted by Gasteiger charge is 2.11. The first-order valence-electron chi connectivity index (χ1n) is 5.94. The van der Waals surface area contributed by atoms with Crippen LogP contribution >= 0.6 is 0 Å². The molecule has 98 valence electrons. The molecule has 0 saturated carbocycles. The monoisotopic (exact) mass is 257 g/mol. The molecule has 1 heterocycles. The lowest BCUT2D eigenvalue weighted by Gasteiger charge is -2.09. The van der Waals surface area contributed by atoms with Crippen molar-refractivity contribution in [1.29, 1.82) is 0 Å². The highest BCUT2D eigenvalue weighted by atomic mass is 16.4. The van der Waals surface area contributed by atoms with Crippen LogP contribution in [-0.2, 0) is 4.79 Å². The first-order chi connectivity index (χ1) is 9.06. The van der Waals surface area contributed by atoms with Crippen molar-refractivity contribution in [2.45, 2.75) is 19.9 Å². The summed E-state index contributed by atoms with van der Waals surface area (Å²) in [4.78, 5) is 19.0. The number of carboxylic acids is 1. The standard InChI is InChI=1S/C14H15N3O2/c1-9-4-3-5-11(6-9)12-7-15-14(16-8-12)17-10(2)13(18)19/h3-8,10H,1-2H3,(H,18,19)(H,15,16,17). The van der Waals surface area contributed by atoms with Crippen LogP contribution in [0.2, 0.25) is 0 Å². The van der Waals surface area contributed by atoms with E-state index in [1.807, 2.05) is 31.2 Å². The number of carboxylic acid groups (broad SMARTS) is 1. The molecule has 0 bridgehead atoms. The molecule has 0 amide bonds. The molecule has 0 aliphatic heterocycles. The van der Waals surface area contributed by atoms with Crippen LogP contribution in [0, 0.1) is 6.92 Å². The van der Waals surface area contributed by atoms with Crippen molar-refractivity contribution in [3.63, 3.8) is 0 Å². The fourth-order valence-corrected chi connectivity index (χ4v) is 1.63. The van der Waals surface area contributed by atoms with Gasteiger partial charge in [0.1, 0.15) is 6.04 Å². The number of aryl methyl sites for hydroxylation is 1. The van der Waals surface area contributed by atoms with Crippen molar-refractivity contribution < 1.29 is 9.90 Å². The fourth-order valence-electron chi connectivity index (χ4n) is 1.63. The quantitative estimate of drug-likeness (QED) is 0.879. The third kappa shape index (κ3) is 3.28. The summed E-state index contributed by atoms with van der Waals surface area (Å²) in [5, 5.41) is 11.5. The molecule has 0 aliphatic carbocycles. The number of nitrogens with zero attached hydrogens (tertiary/aromatic N) is 2. The Hall–Kier alpha value is -2.43. The van der Waals surface area contributed by atoms with Crippen molar-refractivity contribution in [2.75, 3.05) is 5.32 Å². The summed E-state index contributed by atoms with van der Waals surface area (Å²) in [7, 11) is 0. The molecule has 0 aliphatic rings. The molecule has 2 N–H and O–H groups in total. The van der Waals surface area contributed by atoms with E-state index >= 15 is 0 Å². The lowest BCUT2D eigenvalue weighted by atomic mass is 10.1. The predicted molar refractivity (Wildman–Crippen MR) is 72.9 cm³/mol. The molecule has 19 heavy (non-hydrogen) atoms. The minimum Gasteiger partial charge on any atom is -0.480 e. The normalized spacial score (nSPS) is 11.9. The number of carbonyl (C=O) groups is 1. The van der Waals surface area contributed by atoms with Gasteiger partial charge in [0.05, 0.1) is 0 Å². The summed E-state index contributed by atoms with van der Waals surface area (Å²) < 4.78 is 0. The Morgan fingerprint density at radius 1 is 1.26 bits per heavy atom. The molecule has 1 aromatic carbocycles. The molecular formula is C14H15N3O2. The van der Waals surface area contributed by atoms with Crippen molar-refractivity contribution in [3.8, 4) is 11.1 Å². The highest BCUT2D eigenvalue weighted by molar-refractivity contribution is 5.76. The molecular weight excluding hydrogens is 242 g/mol. The topological polar surface area (TPSA) is 75.1 Å². The number of hydrogen-bond donors (Lipinski definition) is 2. The zero-order chi connectivity index (χ0) is 13.8. The fraction of sp³-hybridized carbons (Fsp3) is 0.214. The van der Waals surface area contributed by atoms with E-state index in [0.29, 0.717) is 5.95 Å². The van der Waals surface area contributed by atoms with E-state index in [4.69, 9.17) is 5.11 Å². The summed E-state index contributed by atoms with van der Waals surface area (Å²) in [6.45, 7) is 3.56. The van der Waals surface area contributed by atoms with E-state index < -0.39 is 12.0 Å². The van der Waals surface area contributed by atoms with E-state index in [9.17, 15) is 4.79 Å². The van der Waals surface area contributed by atoms with Gasteiger partial charge in [0.15, 0.2) is 0 Å². The molecule has 1 unspecified atom stereocenters. The van der Waals surface area contributed by atoms with Gasteiger partial charge in [-0.15, -0.1) is 0 Å². The van der Waals surface area contributed by atoms with E-state index in [1.165, 1.54) is 5.56 Å². The molecule has 0 radical (unpaired) electrons. The predicted octanol–water partition coefficient (Wildman–Crippen LogP) is 2.34. The second-order valence-electron chi connectivity index (χ2n) is 4.37. The van der Waals surface area contributed by atoms with Gasteiger partial charge in [-0.2, -0.15) is 0 Å². The molecule has 2 rings (SSSR count). The van der Waals surface area contributed by atoms with Crippen LogP contribution < -0.4 is 5.32 Å². The van der Waals surface area contributed by atoms with Gasteiger partial charge in [0.2, 0.25) is 5.95 Å². The molecule has 1 aromatic heterocycles. The Bertz CT molecular complexity index is 581. The van der Waals surface area contributed by atoms with Crippen LogP contribution in [0.1, 0.15) is 12.5 Å². The number of hydrogen-bond acceptors (Lipinski definition) is 4. The number of aliphatic carboxylic acids is 1. The maximum absolute atomic E-state index is 10.7. The minimum atomic E-state index is -0.939. The van der Waals surface area contributed by atoms with E-state index in [2.05, 4.69) is 15.3 Å². The Morgan fingerprint density at radius 2 is 1.95 bits per heavy atom. The number of rotatable bonds is 4. The zero-order valence-electron chi connectivity index (χ0n) is 10.8. The van der Waals surface area contributed by atoms with Gasteiger partial charge in [0.25, 0.3) is 0 Å². The summed E-state index contributed by atoms with van der Waals surface area (Å²) in [6.07, 6.45) is 3.36. The first-order valence-corrected chi connectivity index (χ1v) is 5.94.